The lowest BCUT2D eigenvalue weighted by Gasteiger charge is -2.26. The normalized spacial score (nSPS) is 14.4. The summed E-state index contributed by atoms with van der Waals surface area (Å²) >= 11 is 0. The standard InChI is InChI=1S/C32H34N4O4/c1-22(2)16-28-20-30(40-34-28)32(38)36-13-12-35(3)31(37)25-7-4-6-23(17-25)18-27-19-24(26-8-5-11-33-21-26)9-10-29(27)39-15-14-36/h4-11,17,19-22H,12-16,18H2,1-3H3. The van der Waals surface area contributed by atoms with Crippen LogP contribution in [0, 0.1) is 5.92 Å². The Balaban J connectivity index is 1.45. The Bertz CT molecular complexity index is 1480. The number of aromatic nitrogens is 2. The molecule has 2 amide bonds. The lowest BCUT2D eigenvalue weighted by molar-refractivity contribution is 0.0638. The van der Waals surface area contributed by atoms with Gasteiger partial charge in [0.05, 0.1) is 12.2 Å². The van der Waals surface area contributed by atoms with Crippen molar-refractivity contribution in [1.29, 1.82) is 0 Å². The molecule has 0 saturated carbocycles. The first kappa shape index (κ1) is 27.1. The molecular formula is C32H34N4O4. The Hall–Kier alpha value is -4.46. The second-order valence-electron chi connectivity index (χ2n) is 10.6. The molecule has 1 aliphatic heterocycles. The molecule has 8 heteroatoms. The van der Waals surface area contributed by atoms with Gasteiger partial charge in [-0.1, -0.05) is 43.3 Å². The van der Waals surface area contributed by atoms with Gasteiger partial charge in [0, 0.05) is 56.1 Å². The molecule has 3 heterocycles. The zero-order chi connectivity index (χ0) is 28.1. The molecule has 2 aromatic heterocycles. The van der Waals surface area contributed by atoms with E-state index in [9.17, 15) is 9.59 Å². The fourth-order valence-corrected chi connectivity index (χ4v) is 4.86. The molecule has 0 unspecified atom stereocenters. The van der Waals surface area contributed by atoms with Gasteiger partial charge in [0.2, 0.25) is 5.76 Å². The third kappa shape index (κ3) is 6.39. The van der Waals surface area contributed by atoms with Crippen LogP contribution in [0.4, 0.5) is 0 Å². The van der Waals surface area contributed by atoms with Crippen LogP contribution in [0.15, 0.2) is 77.6 Å². The summed E-state index contributed by atoms with van der Waals surface area (Å²) in [6.07, 6.45) is 4.91. The van der Waals surface area contributed by atoms with E-state index < -0.39 is 0 Å². The Morgan fingerprint density at radius 2 is 1.82 bits per heavy atom. The number of amides is 2. The molecule has 0 fully saturated rings. The molecule has 0 aliphatic carbocycles. The van der Waals surface area contributed by atoms with E-state index in [1.54, 1.807) is 29.1 Å². The zero-order valence-corrected chi connectivity index (χ0v) is 23.2. The largest absolute Gasteiger partial charge is 0.491 e. The first-order chi connectivity index (χ1) is 19.4. The summed E-state index contributed by atoms with van der Waals surface area (Å²) in [7, 11) is 1.75. The van der Waals surface area contributed by atoms with Crippen molar-refractivity contribution in [2.75, 3.05) is 33.3 Å². The second-order valence-corrected chi connectivity index (χ2v) is 10.6. The summed E-state index contributed by atoms with van der Waals surface area (Å²) in [5.41, 5.74) is 5.40. The molecular weight excluding hydrogens is 504 g/mol. The molecule has 0 saturated heterocycles. The molecule has 0 radical (unpaired) electrons. The third-order valence-electron chi connectivity index (χ3n) is 6.97. The van der Waals surface area contributed by atoms with Gasteiger partial charge in [-0.15, -0.1) is 0 Å². The highest BCUT2D eigenvalue weighted by Gasteiger charge is 2.23. The SMILES string of the molecule is CC(C)Cc1cc(C(=O)N2CCOc3ccc(-c4cccnc4)cc3Cc3cccc(c3)C(=O)N(C)CC2)on1. The van der Waals surface area contributed by atoms with Gasteiger partial charge in [-0.25, -0.2) is 0 Å². The van der Waals surface area contributed by atoms with Crippen molar-refractivity contribution in [2.24, 2.45) is 5.92 Å². The predicted molar refractivity (Wildman–Crippen MR) is 152 cm³/mol. The van der Waals surface area contributed by atoms with E-state index in [-0.39, 0.29) is 24.2 Å². The van der Waals surface area contributed by atoms with Crippen LogP contribution in [-0.2, 0) is 12.8 Å². The number of hydrogen-bond donors (Lipinski definition) is 0. The number of nitrogens with zero attached hydrogens (tertiary/aromatic N) is 4. The summed E-state index contributed by atoms with van der Waals surface area (Å²) in [5, 5.41) is 4.08. The lowest BCUT2D eigenvalue weighted by atomic mass is 9.98. The molecule has 4 aromatic rings. The highest BCUT2D eigenvalue weighted by Crippen LogP contribution is 2.29. The Morgan fingerprint density at radius 1 is 0.975 bits per heavy atom. The summed E-state index contributed by atoms with van der Waals surface area (Å²) in [6, 6.07) is 19.4. The number of carbonyl (C=O) groups is 2. The number of benzene rings is 2. The fourth-order valence-electron chi connectivity index (χ4n) is 4.86. The average Bonchev–Trinajstić information content (AvgIpc) is 3.42. The monoisotopic (exact) mass is 538 g/mol. The maximum atomic E-state index is 13.4. The summed E-state index contributed by atoms with van der Waals surface area (Å²) in [4.78, 5) is 34.3. The minimum Gasteiger partial charge on any atom is -0.491 e. The number of pyridine rings is 1. The predicted octanol–water partition coefficient (Wildman–Crippen LogP) is 5.13. The molecule has 0 N–H and O–H groups in total. The molecule has 2 aromatic carbocycles. The van der Waals surface area contributed by atoms with Crippen LogP contribution in [0.2, 0.25) is 0 Å². The number of hydrogen-bond acceptors (Lipinski definition) is 6. The van der Waals surface area contributed by atoms with Crippen LogP contribution in [0.25, 0.3) is 11.1 Å². The highest BCUT2D eigenvalue weighted by molar-refractivity contribution is 5.94. The smallest absolute Gasteiger partial charge is 0.292 e. The minimum atomic E-state index is -0.270. The van der Waals surface area contributed by atoms with E-state index in [0.717, 1.165) is 40.1 Å². The van der Waals surface area contributed by atoms with Crippen molar-refractivity contribution in [1.82, 2.24) is 19.9 Å². The van der Waals surface area contributed by atoms with Crippen molar-refractivity contribution in [3.8, 4) is 16.9 Å². The fraction of sp³-hybridized carbons (Fsp3) is 0.312. The van der Waals surface area contributed by atoms with E-state index in [1.807, 2.05) is 54.7 Å². The number of ether oxygens (including phenoxy) is 1. The van der Waals surface area contributed by atoms with Crippen LogP contribution in [0.5, 0.6) is 5.75 Å². The van der Waals surface area contributed by atoms with Gasteiger partial charge >= 0.3 is 0 Å². The summed E-state index contributed by atoms with van der Waals surface area (Å²) in [6.45, 7) is 5.50. The quantitative estimate of drug-likeness (QED) is 0.358. The van der Waals surface area contributed by atoms with Gasteiger partial charge in [0.15, 0.2) is 0 Å². The van der Waals surface area contributed by atoms with Crippen LogP contribution in [0.3, 0.4) is 0 Å². The van der Waals surface area contributed by atoms with Gasteiger partial charge in [0.25, 0.3) is 11.8 Å². The molecule has 40 heavy (non-hydrogen) atoms. The topological polar surface area (TPSA) is 88.8 Å². The Labute approximate surface area is 234 Å². The Morgan fingerprint density at radius 3 is 2.62 bits per heavy atom. The van der Waals surface area contributed by atoms with Gasteiger partial charge < -0.3 is 19.1 Å². The van der Waals surface area contributed by atoms with E-state index in [1.165, 1.54) is 0 Å². The molecule has 5 rings (SSSR count). The van der Waals surface area contributed by atoms with Gasteiger partial charge in [0.1, 0.15) is 12.4 Å². The maximum Gasteiger partial charge on any atom is 0.292 e. The van der Waals surface area contributed by atoms with Crippen LogP contribution in [0.1, 0.15) is 51.6 Å². The van der Waals surface area contributed by atoms with Crippen molar-refractivity contribution < 1.29 is 18.8 Å². The summed E-state index contributed by atoms with van der Waals surface area (Å²) < 4.78 is 11.7. The van der Waals surface area contributed by atoms with Crippen LogP contribution in [-0.4, -0.2) is 65.0 Å². The van der Waals surface area contributed by atoms with Gasteiger partial charge in [-0.05, 0) is 59.4 Å². The van der Waals surface area contributed by atoms with E-state index in [2.05, 4.69) is 30.1 Å². The number of fused-ring (bicyclic) bond motifs is 3. The van der Waals surface area contributed by atoms with Crippen molar-refractivity contribution >= 4 is 11.8 Å². The van der Waals surface area contributed by atoms with Crippen molar-refractivity contribution in [2.45, 2.75) is 26.7 Å². The van der Waals surface area contributed by atoms with E-state index in [0.29, 0.717) is 37.5 Å². The summed E-state index contributed by atoms with van der Waals surface area (Å²) in [5.74, 6) is 0.969. The molecule has 0 spiro atoms. The molecule has 8 nitrogen and oxygen atoms in total. The number of rotatable bonds is 4. The van der Waals surface area contributed by atoms with E-state index >= 15 is 0 Å². The Kier molecular flexibility index (Phi) is 8.24. The van der Waals surface area contributed by atoms with Crippen molar-refractivity contribution in [3.05, 3.63) is 101 Å². The molecule has 206 valence electrons. The van der Waals surface area contributed by atoms with Gasteiger partial charge in [-0.3, -0.25) is 14.6 Å². The zero-order valence-electron chi connectivity index (χ0n) is 23.2. The number of likely N-dealkylation sites (N-methyl/N-ethyl adjacent to an activating group) is 1. The van der Waals surface area contributed by atoms with Crippen molar-refractivity contribution in [3.63, 3.8) is 0 Å². The third-order valence-corrected chi connectivity index (χ3v) is 6.97. The lowest BCUT2D eigenvalue weighted by Crippen LogP contribution is -2.41. The van der Waals surface area contributed by atoms with Gasteiger partial charge in [-0.2, -0.15) is 0 Å². The minimum absolute atomic E-state index is 0.0919. The molecule has 1 aliphatic rings. The highest BCUT2D eigenvalue weighted by atomic mass is 16.5. The second kappa shape index (κ2) is 12.2. The first-order valence-electron chi connectivity index (χ1n) is 13.6. The maximum absolute atomic E-state index is 13.4. The first-order valence-corrected chi connectivity index (χ1v) is 13.6. The van der Waals surface area contributed by atoms with E-state index in [4.69, 9.17) is 9.26 Å². The molecule has 2 bridgehead atoms. The average molecular weight is 539 g/mol. The van der Waals surface area contributed by atoms with Crippen LogP contribution < -0.4 is 4.74 Å². The van der Waals surface area contributed by atoms with Crippen LogP contribution >= 0.6 is 0 Å². The molecule has 0 atom stereocenters. The number of carbonyl (C=O) groups excluding carboxylic acids is 2.